The fourth-order valence-corrected chi connectivity index (χ4v) is 0.502. The van der Waals surface area contributed by atoms with Crippen LogP contribution in [0, 0.1) is 0 Å². The van der Waals surface area contributed by atoms with Crippen molar-refractivity contribution in [2.24, 2.45) is 0 Å². The Morgan fingerprint density at radius 3 is 2.19 bits per heavy atom. The third kappa shape index (κ3) is 14.9. The van der Waals surface area contributed by atoms with Gasteiger partial charge in [0.25, 0.3) is 0 Å². The van der Waals surface area contributed by atoms with Crippen molar-refractivity contribution in [1.82, 2.24) is 0 Å². The van der Waals surface area contributed by atoms with E-state index in [0.717, 1.165) is 18.6 Å². The largest absolute Gasteiger partial charge is 0.478 e. The van der Waals surface area contributed by atoms with Gasteiger partial charge < -0.3 is 14.6 Å². The van der Waals surface area contributed by atoms with Crippen molar-refractivity contribution in [2.75, 3.05) is 13.7 Å². The molecule has 0 radical (unpaired) electrons. The van der Waals surface area contributed by atoms with Crippen LogP contribution in [0.2, 0.25) is 0 Å². The number of carbonyl (C=O) groups is 2. The summed E-state index contributed by atoms with van der Waals surface area (Å²) in [6.07, 6.45) is 2.83. The number of rotatable bonds is 6. The fraction of sp³-hybridized carbons (Fsp3) is 0.455. The molecule has 0 amide bonds. The Bertz CT molecular complexity index is 235. The van der Waals surface area contributed by atoms with Crippen molar-refractivity contribution in [1.29, 1.82) is 0 Å². The van der Waals surface area contributed by atoms with Crippen LogP contribution in [0.4, 0.5) is 0 Å². The van der Waals surface area contributed by atoms with Gasteiger partial charge in [0.05, 0.1) is 12.7 Å². The summed E-state index contributed by atoms with van der Waals surface area (Å²) in [5, 5.41) is 7.60. The molecule has 0 saturated carbocycles. The Labute approximate surface area is 95.4 Å². The molecule has 0 aliphatic carbocycles. The third-order valence-corrected chi connectivity index (χ3v) is 1.51. The molecule has 0 aromatic carbocycles. The summed E-state index contributed by atoms with van der Waals surface area (Å²) in [6.45, 7) is 8.54. The molecule has 0 saturated heterocycles. The van der Waals surface area contributed by atoms with E-state index in [1.165, 1.54) is 0 Å². The molecule has 1 atom stereocenters. The first-order valence-corrected chi connectivity index (χ1v) is 4.65. The maximum absolute atomic E-state index is 10.5. The minimum absolute atomic E-state index is 0.132. The molecule has 5 nitrogen and oxygen atoms in total. The standard InChI is InChI=1S/C8H14O3.C3H4O2/c1-4-8(9)11-6-5-7(2)10-3;1-2-3(4)5/h4,7H,1,5-6H2,2-3H3;2H,1H2,(H,4,5). The topological polar surface area (TPSA) is 72.8 Å². The first-order chi connectivity index (χ1) is 7.47. The number of carbonyl (C=O) groups excluding carboxylic acids is 1. The van der Waals surface area contributed by atoms with Crippen molar-refractivity contribution < 1.29 is 24.2 Å². The number of ether oxygens (including phenoxy) is 2. The first-order valence-electron chi connectivity index (χ1n) is 4.65. The zero-order chi connectivity index (χ0) is 13.0. The van der Waals surface area contributed by atoms with Gasteiger partial charge in [-0.2, -0.15) is 0 Å². The molecule has 0 aromatic rings. The van der Waals surface area contributed by atoms with E-state index >= 15 is 0 Å². The monoisotopic (exact) mass is 230 g/mol. The van der Waals surface area contributed by atoms with E-state index in [-0.39, 0.29) is 12.1 Å². The number of aliphatic carboxylic acids is 1. The van der Waals surface area contributed by atoms with E-state index in [1.54, 1.807) is 7.11 Å². The second-order valence-corrected chi connectivity index (χ2v) is 2.75. The van der Waals surface area contributed by atoms with Gasteiger partial charge in [0.2, 0.25) is 0 Å². The van der Waals surface area contributed by atoms with Gasteiger partial charge in [0, 0.05) is 25.7 Å². The van der Waals surface area contributed by atoms with Gasteiger partial charge in [-0.25, -0.2) is 9.59 Å². The minimum Gasteiger partial charge on any atom is -0.478 e. The highest BCUT2D eigenvalue weighted by atomic mass is 16.5. The quantitative estimate of drug-likeness (QED) is 0.551. The molecule has 0 fully saturated rings. The number of carboxylic acid groups (broad SMARTS) is 1. The molecule has 0 aliphatic heterocycles. The SMILES string of the molecule is C=CC(=O)O.C=CC(=O)OCCC(C)OC. The van der Waals surface area contributed by atoms with Crippen LogP contribution in [-0.4, -0.2) is 36.9 Å². The molecule has 1 unspecified atom stereocenters. The van der Waals surface area contributed by atoms with Gasteiger partial charge in [-0.15, -0.1) is 0 Å². The maximum Gasteiger partial charge on any atom is 0.330 e. The highest BCUT2D eigenvalue weighted by Gasteiger charge is 2.00. The molecular formula is C11H18O5. The zero-order valence-corrected chi connectivity index (χ0v) is 9.64. The fourth-order valence-electron chi connectivity index (χ4n) is 0.502. The predicted octanol–water partition coefficient (Wildman–Crippen LogP) is 1.40. The molecule has 1 N–H and O–H groups in total. The molecule has 16 heavy (non-hydrogen) atoms. The molecule has 0 bridgehead atoms. The Balaban J connectivity index is 0. The summed E-state index contributed by atoms with van der Waals surface area (Å²) in [4.78, 5) is 19.8. The normalized spacial score (nSPS) is 10.4. The van der Waals surface area contributed by atoms with Crippen LogP contribution in [0.5, 0.6) is 0 Å². The molecule has 0 aliphatic rings. The van der Waals surface area contributed by atoms with E-state index < -0.39 is 5.97 Å². The van der Waals surface area contributed by atoms with Crippen LogP contribution in [0.15, 0.2) is 25.3 Å². The Morgan fingerprint density at radius 1 is 1.38 bits per heavy atom. The number of methoxy groups -OCH3 is 1. The lowest BCUT2D eigenvalue weighted by Crippen LogP contribution is -2.11. The molecule has 0 aromatic heterocycles. The van der Waals surface area contributed by atoms with E-state index in [2.05, 4.69) is 13.2 Å². The van der Waals surface area contributed by atoms with E-state index in [9.17, 15) is 9.59 Å². The van der Waals surface area contributed by atoms with Crippen LogP contribution < -0.4 is 0 Å². The number of esters is 1. The van der Waals surface area contributed by atoms with Crippen molar-refractivity contribution in [3.63, 3.8) is 0 Å². The highest BCUT2D eigenvalue weighted by Crippen LogP contribution is 1.95. The average Bonchev–Trinajstić information content (AvgIpc) is 2.29. The minimum atomic E-state index is -0.981. The number of carboxylic acids is 1. The third-order valence-electron chi connectivity index (χ3n) is 1.51. The van der Waals surface area contributed by atoms with Crippen LogP contribution in [0.3, 0.4) is 0 Å². The van der Waals surface area contributed by atoms with E-state index in [1.807, 2.05) is 6.92 Å². The van der Waals surface area contributed by atoms with E-state index in [0.29, 0.717) is 6.61 Å². The average molecular weight is 230 g/mol. The summed E-state index contributed by atoms with van der Waals surface area (Å²) >= 11 is 0. The summed E-state index contributed by atoms with van der Waals surface area (Å²) in [6, 6.07) is 0. The van der Waals surface area contributed by atoms with Crippen LogP contribution in [-0.2, 0) is 19.1 Å². The van der Waals surface area contributed by atoms with Gasteiger partial charge in [0.1, 0.15) is 0 Å². The number of hydrogen-bond donors (Lipinski definition) is 1. The Morgan fingerprint density at radius 2 is 1.88 bits per heavy atom. The summed E-state index contributed by atoms with van der Waals surface area (Å²) in [5.74, 6) is -1.36. The second kappa shape index (κ2) is 11.5. The molecule has 0 rings (SSSR count). The van der Waals surface area contributed by atoms with Gasteiger partial charge in [-0.1, -0.05) is 13.2 Å². The highest BCUT2D eigenvalue weighted by molar-refractivity contribution is 5.81. The van der Waals surface area contributed by atoms with Gasteiger partial charge in [-0.05, 0) is 6.92 Å². The lowest BCUT2D eigenvalue weighted by atomic mass is 10.3. The second-order valence-electron chi connectivity index (χ2n) is 2.75. The lowest BCUT2D eigenvalue weighted by Gasteiger charge is -2.07. The first kappa shape index (κ1) is 16.8. The summed E-state index contributed by atoms with van der Waals surface area (Å²) in [7, 11) is 1.62. The number of hydrogen-bond acceptors (Lipinski definition) is 4. The molecule has 5 heteroatoms. The van der Waals surface area contributed by atoms with Crippen molar-refractivity contribution in [2.45, 2.75) is 19.4 Å². The van der Waals surface area contributed by atoms with Crippen molar-refractivity contribution in [3.8, 4) is 0 Å². The zero-order valence-electron chi connectivity index (χ0n) is 9.64. The smallest absolute Gasteiger partial charge is 0.330 e. The van der Waals surface area contributed by atoms with Crippen LogP contribution in [0.1, 0.15) is 13.3 Å². The predicted molar refractivity (Wildman–Crippen MR) is 60.1 cm³/mol. The summed E-state index contributed by atoms with van der Waals surface area (Å²) < 4.78 is 9.68. The van der Waals surface area contributed by atoms with Crippen molar-refractivity contribution in [3.05, 3.63) is 25.3 Å². The van der Waals surface area contributed by atoms with Crippen molar-refractivity contribution >= 4 is 11.9 Å². The summed E-state index contributed by atoms with van der Waals surface area (Å²) in [5.41, 5.74) is 0. The Kier molecular flexibility index (Phi) is 12.0. The van der Waals surface area contributed by atoms with E-state index in [4.69, 9.17) is 14.6 Å². The molecule has 0 spiro atoms. The van der Waals surface area contributed by atoms with Gasteiger partial charge in [-0.3, -0.25) is 0 Å². The van der Waals surface area contributed by atoms with Gasteiger partial charge in [0.15, 0.2) is 0 Å². The van der Waals surface area contributed by atoms with Gasteiger partial charge >= 0.3 is 11.9 Å². The molecular weight excluding hydrogens is 212 g/mol. The van der Waals surface area contributed by atoms with Crippen LogP contribution in [0.25, 0.3) is 0 Å². The molecule has 92 valence electrons. The Hall–Kier alpha value is -1.62. The molecule has 0 heterocycles. The lowest BCUT2D eigenvalue weighted by molar-refractivity contribution is -0.138. The maximum atomic E-state index is 10.5. The van der Waals surface area contributed by atoms with Crippen LogP contribution >= 0.6 is 0 Å².